The fourth-order valence-corrected chi connectivity index (χ4v) is 4.21. The number of hydrogen-bond donors (Lipinski definition) is 1. The normalized spacial score (nSPS) is 10.4. The number of rotatable bonds is 8. The van der Waals surface area contributed by atoms with Crippen LogP contribution in [0.4, 0.5) is 5.00 Å². The maximum absolute atomic E-state index is 12.4. The third-order valence-corrected chi connectivity index (χ3v) is 5.97. The van der Waals surface area contributed by atoms with Gasteiger partial charge in [-0.15, -0.1) is 23.1 Å². The number of carbonyl (C=O) groups is 3. The predicted octanol–water partition coefficient (Wildman–Crippen LogP) is 4.79. The summed E-state index contributed by atoms with van der Waals surface area (Å²) < 4.78 is 10.1. The van der Waals surface area contributed by atoms with E-state index in [0.717, 1.165) is 16.2 Å². The summed E-state index contributed by atoms with van der Waals surface area (Å²) in [5, 5.41) is 3.61. The van der Waals surface area contributed by atoms with Crippen molar-refractivity contribution in [2.75, 3.05) is 24.3 Å². The number of anilines is 1. The van der Waals surface area contributed by atoms with E-state index in [4.69, 9.17) is 21.1 Å². The first-order chi connectivity index (χ1) is 13.4. The van der Waals surface area contributed by atoms with Crippen LogP contribution in [0.3, 0.4) is 0 Å². The second-order valence-electron chi connectivity index (χ2n) is 5.49. The van der Waals surface area contributed by atoms with E-state index in [-0.39, 0.29) is 40.3 Å². The number of esters is 2. The molecule has 0 bridgehead atoms. The lowest BCUT2D eigenvalue weighted by Crippen LogP contribution is -2.16. The summed E-state index contributed by atoms with van der Waals surface area (Å²) in [6.07, 6.45) is 0. The van der Waals surface area contributed by atoms with Gasteiger partial charge in [-0.1, -0.05) is 11.6 Å². The fourth-order valence-electron chi connectivity index (χ4n) is 2.28. The zero-order valence-corrected chi connectivity index (χ0v) is 18.1. The number of hydrogen-bond acceptors (Lipinski definition) is 7. The Labute approximate surface area is 176 Å². The molecular formula is C19H20ClNO5S2. The second-order valence-corrected chi connectivity index (χ2v) is 8.00. The Kier molecular flexibility index (Phi) is 8.35. The molecule has 1 aromatic carbocycles. The largest absolute Gasteiger partial charge is 0.462 e. The minimum Gasteiger partial charge on any atom is -0.462 e. The van der Waals surface area contributed by atoms with E-state index in [9.17, 15) is 14.4 Å². The Hall–Kier alpha value is -2.03. The average molecular weight is 442 g/mol. The van der Waals surface area contributed by atoms with Crippen LogP contribution in [0.1, 0.15) is 39.4 Å². The Balaban J connectivity index is 2.18. The topological polar surface area (TPSA) is 81.7 Å². The van der Waals surface area contributed by atoms with Crippen LogP contribution in [0, 0.1) is 6.92 Å². The van der Waals surface area contributed by atoms with Crippen LogP contribution in [-0.2, 0) is 14.3 Å². The highest BCUT2D eigenvalue weighted by Crippen LogP contribution is 2.34. The van der Waals surface area contributed by atoms with Gasteiger partial charge in [-0.05, 0) is 50.6 Å². The molecule has 0 spiro atoms. The molecule has 1 amide bonds. The summed E-state index contributed by atoms with van der Waals surface area (Å²) in [6.45, 7) is 5.41. The molecule has 0 aliphatic heterocycles. The van der Waals surface area contributed by atoms with Crippen molar-refractivity contribution in [2.45, 2.75) is 25.7 Å². The first-order valence-corrected chi connectivity index (χ1v) is 10.7. The molecule has 28 heavy (non-hydrogen) atoms. The van der Waals surface area contributed by atoms with Gasteiger partial charge in [-0.3, -0.25) is 4.79 Å². The molecule has 0 unspecified atom stereocenters. The molecule has 150 valence electrons. The number of halogens is 1. The van der Waals surface area contributed by atoms with Crippen molar-refractivity contribution in [2.24, 2.45) is 0 Å². The van der Waals surface area contributed by atoms with E-state index < -0.39 is 11.9 Å². The zero-order chi connectivity index (χ0) is 20.7. The molecule has 0 saturated heterocycles. The first-order valence-electron chi connectivity index (χ1n) is 8.53. The molecule has 0 atom stereocenters. The molecule has 6 nitrogen and oxygen atoms in total. The highest BCUT2D eigenvalue weighted by atomic mass is 35.5. The van der Waals surface area contributed by atoms with Gasteiger partial charge < -0.3 is 14.8 Å². The quantitative estimate of drug-likeness (QED) is 0.468. The van der Waals surface area contributed by atoms with Gasteiger partial charge in [0.2, 0.25) is 5.91 Å². The van der Waals surface area contributed by atoms with Crippen LogP contribution in [0.2, 0.25) is 5.02 Å². The Morgan fingerprint density at radius 2 is 1.68 bits per heavy atom. The molecule has 2 rings (SSSR count). The van der Waals surface area contributed by atoms with E-state index in [1.54, 1.807) is 32.9 Å². The number of nitrogens with one attached hydrogen (secondary N) is 1. The van der Waals surface area contributed by atoms with Crippen molar-refractivity contribution in [3.63, 3.8) is 0 Å². The summed E-state index contributed by atoms with van der Waals surface area (Å²) in [4.78, 5) is 38.0. The smallest absolute Gasteiger partial charge is 0.348 e. The molecule has 0 radical (unpaired) electrons. The van der Waals surface area contributed by atoms with Gasteiger partial charge in [0.15, 0.2) is 0 Å². The van der Waals surface area contributed by atoms with Gasteiger partial charge in [0.1, 0.15) is 9.88 Å². The number of thiophene rings is 1. The van der Waals surface area contributed by atoms with Crippen LogP contribution in [0.5, 0.6) is 0 Å². The molecule has 9 heteroatoms. The maximum atomic E-state index is 12.4. The molecule has 1 aromatic heterocycles. The van der Waals surface area contributed by atoms with Crippen molar-refractivity contribution in [1.29, 1.82) is 0 Å². The summed E-state index contributed by atoms with van der Waals surface area (Å²) >= 11 is 8.19. The predicted molar refractivity (Wildman–Crippen MR) is 112 cm³/mol. The van der Waals surface area contributed by atoms with E-state index >= 15 is 0 Å². The highest BCUT2D eigenvalue weighted by Gasteiger charge is 2.27. The Morgan fingerprint density at radius 1 is 1.07 bits per heavy atom. The molecule has 1 N–H and O–H groups in total. The standard InChI is InChI=1S/C19H20ClNO5S2/c1-4-25-18(23)15-11(3)16(19(24)26-5-2)28-17(15)21-14(22)10-27-13-8-6-12(20)7-9-13/h6-9H,4-5,10H2,1-3H3,(H,21,22). The molecular weight excluding hydrogens is 422 g/mol. The summed E-state index contributed by atoms with van der Waals surface area (Å²) in [5.41, 5.74) is 0.613. The number of carbonyl (C=O) groups excluding carboxylic acids is 3. The fraction of sp³-hybridized carbons (Fsp3) is 0.316. The summed E-state index contributed by atoms with van der Waals surface area (Å²) in [7, 11) is 0. The molecule has 0 fully saturated rings. The van der Waals surface area contributed by atoms with Gasteiger partial charge in [-0.25, -0.2) is 9.59 Å². The van der Waals surface area contributed by atoms with Crippen molar-refractivity contribution in [3.8, 4) is 0 Å². The number of ether oxygens (including phenoxy) is 2. The van der Waals surface area contributed by atoms with E-state index in [1.165, 1.54) is 11.8 Å². The third-order valence-electron chi connectivity index (χ3n) is 3.52. The highest BCUT2D eigenvalue weighted by molar-refractivity contribution is 8.00. The van der Waals surface area contributed by atoms with Gasteiger partial charge in [0.05, 0.1) is 24.5 Å². The molecule has 0 aliphatic carbocycles. The van der Waals surface area contributed by atoms with E-state index in [1.807, 2.05) is 12.1 Å². The number of thioether (sulfide) groups is 1. The number of benzene rings is 1. The van der Waals surface area contributed by atoms with Crippen LogP contribution in [0.15, 0.2) is 29.2 Å². The zero-order valence-electron chi connectivity index (χ0n) is 15.7. The minimum atomic E-state index is -0.590. The van der Waals surface area contributed by atoms with Gasteiger partial charge in [0.25, 0.3) is 0 Å². The van der Waals surface area contributed by atoms with Crippen molar-refractivity contribution in [1.82, 2.24) is 0 Å². The summed E-state index contributed by atoms with van der Waals surface area (Å²) in [6, 6.07) is 7.13. The van der Waals surface area contributed by atoms with Crippen LogP contribution in [0.25, 0.3) is 0 Å². The molecule has 0 saturated carbocycles. The Morgan fingerprint density at radius 3 is 2.29 bits per heavy atom. The lowest BCUT2D eigenvalue weighted by molar-refractivity contribution is -0.113. The van der Waals surface area contributed by atoms with Crippen molar-refractivity contribution >= 4 is 57.5 Å². The monoisotopic (exact) mass is 441 g/mol. The molecule has 1 heterocycles. The third kappa shape index (κ3) is 5.73. The van der Waals surface area contributed by atoms with Crippen LogP contribution in [-0.4, -0.2) is 36.8 Å². The number of amides is 1. The maximum Gasteiger partial charge on any atom is 0.348 e. The van der Waals surface area contributed by atoms with Crippen molar-refractivity contribution in [3.05, 3.63) is 45.3 Å². The molecule has 0 aliphatic rings. The average Bonchev–Trinajstić information content (AvgIpc) is 2.97. The van der Waals surface area contributed by atoms with E-state index in [2.05, 4.69) is 5.32 Å². The van der Waals surface area contributed by atoms with Crippen LogP contribution < -0.4 is 5.32 Å². The van der Waals surface area contributed by atoms with Gasteiger partial charge in [-0.2, -0.15) is 0 Å². The minimum absolute atomic E-state index is 0.135. The SMILES string of the molecule is CCOC(=O)c1sc(NC(=O)CSc2ccc(Cl)cc2)c(C(=O)OCC)c1C. The lowest BCUT2D eigenvalue weighted by atomic mass is 10.1. The van der Waals surface area contributed by atoms with Gasteiger partial charge in [0, 0.05) is 9.92 Å². The summed E-state index contributed by atoms with van der Waals surface area (Å²) in [5.74, 6) is -1.29. The van der Waals surface area contributed by atoms with Crippen molar-refractivity contribution < 1.29 is 23.9 Å². The lowest BCUT2D eigenvalue weighted by Gasteiger charge is -2.07. The Bertz CT molecular complexity index is 864. The van der Waals surface area contributed by atoms with Crippen LogP contribution >= 0.6 is 34.7 Å². The van der Waals surface area contributed by atoms with E-state index in [0.29, 0.717) is 10.6 Å². The second kappa shape index (κ2) is 10.5. The molecule has 2 aromatic rings. The first kappa shape index (κ1) is 22.3. The van der Waals surface area contributed by atoms with Gasteiger partial charge >= 0.3 is 11.9 Å².